The van der Waals surface area contributed by atoms with Crippen molar-refractivity contribution < 1.29 is 4.79 Å². The number of pyridine rings is 1. The first-order valence-corrected chi connectivity index (χ1v) is 8.99. The molecule has 0 unspecified atom stereocenters. The topological polar surface area (TPSA) is 59.3 Å². The summed E-state index contributed by atoms with van der Waals surface area (Å²) in [5.74, 6) is 0.818. The van der Waals surface area contributed by atoms with Gasteiger partial charge in [-0.05, 0) is 48.9 Å². The third kappa shape index (κ3) is 2.90. The van der Waals surface area contributed by atoms with Crippen LogP contribution in [-0.2, 0) is 12.8 Å². The summed E-state index contributed by atoms with van der Waals surface area (Å²) < 4.78 is 1.92. The summed E-state index contributed by atoms with van der Waals surface area (Å²) in [6, 6.07) is 12.2. The number of amides is 1. The summed E-state index contributed by atoms with van der Waals surface area (Å²) in [7, 11) is 0. The Hall–Kier alpha value is -2.69. The minimum atomic E-state index is -0.0808. The highest BCUT2D eigenvalue weighted by molar-refractivity contribution is 6.00. The maximum absolute atomic E-state index is 12.9. The molecule has 1 aromatic carbocycles. The van der Waals surface area contributed by atoms with E-state index in [0.717, 1.165) is 37.9 Å². The van der Waals surface area contributed by atoms with Gasteiger partial charge in [-0.1, -0.05) is 31.2 Å². The lowest BCUT2D eigenvalue weighted by Gasteiger charge is -2.26. The summed E-state index contributed by atoms with van der Waals surface area (Å²) in [6.45, 7) is 2.11. The van der Waals surface area contributed by atoms with Gasteiger partial charge in [0.1, 0.15) is 5.82 Å². The fourth-order valence-electron chi connectivity index (χ4n) is 3.67. The van der Waals surface area contributed by atoms with E-state index in [4.69, 9.17) is 0 Å². The molecule has 128 valence electrons. The Morgan fingerprint density at radius 2 is 2.12 bits per heavy atom. The molecule has 0 saturated carbocycles. The van der Waals surface area contributed by atoms with Crippen LogP contribution in [0.3, 0.4) is 0 Å². The standard InChI is InChI=1S/C20H22N4O/c1-2-7-18-22-23-19-16(11-6-13-24(18)19)20(25)21-17-12-5-9-14-8-3-4-10-15(14)17/h3-4,6,8,10-11,13,17H,2,5,7,9,12H2,1H3,(H,21,25)/t17-/m1/s1. The molecule has 1 N–H and O–H groups in total. The predicted octanol–water partition coefficient (Wildman–Crippen LogP) is 3.49. The molecule has 1 atom stereocenters. The molecule has 4 rings (SSSR count). The summed E-state index contributed by atoms with van der Waals surface area (Å²) in [4.78, 5) is 12.9. The molecule has 2 heterocycles. The number of fused-ring (bicyclic) bond motifs is 2. The van der Waals surface area contributed by atoms with Gasteiger partial charge in [0, 0.05) is 12.6 Å². The Balaban J connectivity index is 1.63. The average molecular weight is 334 g/mol. The van der Waals surface area contributed by atoms with Crippen molar-refractivity contribution in [1.29, 1.82) is 0 Å². The van der Waals surface area contributed by atoms with Gasteiger partial charge < -0.3 is 5.32 Å². The van der Waals surface area contributed by atoms with Crippen molar-refractivity contribution in [3.8, 4) is 0 Å². The van der Waals surface area contributed by atoms with E-state index in [0.29, 0.717) is 11.2 Å². The van der Waals surface area contributed by atoms with Crippen molar-refractivity contribution in [1.82, 2.24) is 19.9 Å². The number of nitrogens with zero attached hydrogens (tertiary/aromatic N) is 3. The van der Waals surface area contributed by atoms with Crippen LogP contribution in [0, 0.1) is 0 Å². The Labute approximate surface area is 147 Å². The number of hydrogen-bond acceptors (Lipinski definition) is 3. The van der Waals surface area contributed by atoms with Gasteiger partial charge in [0.15, 0.2) is 5.65 Å². The summed E-state index contributed by atoms with van der Waals surface area (Å²) in [5, 5.41) is 11.7. The van der Waals surface area contributed by atoms with Crippen molar-refractivity contribution in [3.05, 3.63) is 65.1 Å². The monoisotopic (exact) mass is 334 g/mol. The number of hydrogen-bond donors (Lipinski definition) is 1. The van der Waals surface area contributed by atoms with Gasteiger partial charge in [0.25, 0.3) is 5.91 Å². The highest BCUT2D eigenvalue weighted by Gasteiger charge is 2.23. The Morgan fingerprint density at radius 1 is 1.24 bits per heavy atom. The van der Waals surface area contributed by atoms with Crippen LogP contribution in [0.4, 0.5) is 0 Å². The molecular formula is C20H22N4O. The lowest BCUT2D eigenvalue weighted by atomic mass is 9.87. The minimum absolute atomic E-state index is 0.0655. The predicted molar refractivity (Wildman–Crippen MR) is 96.6 cm³/mol. The Morgan fingerprint density at radius 3 is 3.00 bits per heavy atom. The van der Waals surface area contributed by atoms with Gasteiger partial charge in [-0.3, -0.25) is 9.20 Å². The van der Waals surface area contributed by atoms with Crippen LogP contribution in [0.2, 0.25) is 0 Å². The second-order valence-corrected chi connectivity index (χ2v) is 6.60. The maximum atomic E-state index is 12.9. The van der Waals surface area contributed by atoms with Crippen LogP contribution in [0.15, 0.2) is 42.6 Å². The smallest absolute Gasteiger partial charge is 0.255 e. The van der Waals surface area contributed by atoms with Gasteiger partial charge in [-0.25, -0.2) is 0 Å². The van der Waals surface area contributed by atoms with E-state index in [9.17, 15) is 4.79 Å². The Bertz CT molecular complexity index is 915. The largest absolute Gasteiger partial charge is 0.345 e. The highest BCUT2D eigenvalue weighted by Crippen LogP contribution is 2.29. The molecular weight excluding hydrogens is 312 g/mol. The normalized spacial score (nSPS) is 16.6. The zero-order chi connectivity index (χ0) is 17.2. The van der Waals surface area contributed by atoms with Gasteiger partial charge >= 0.3 is 0 Å². The van der Waals surface area contributed by atoms with Gasteiger partial charge in [0.2, 0.25) is 0 Å². The van der Waals surface area contributed by atoms with Crippen LogP contribution in [0.25, 0.3) is 5.65 Å². The molecule has 0 spiro atoms. The number of aromatic nitrogens is 3. The third-order valence-corrected chi connectivity index (χ3v) is 4.90. The van der Waals surface area contributed by atoms with Crippen LogP contribution in [-0.4, -0.2) is 20.5 Å². The number of benzene rings is 1. The maximum Gasteiger partial charge on any atom is 0.255 e. The molecule has 0 fully saturated rings. The fourth-order valence-corrected chi connectivity index (χ4v) is 3.67. The first-order valence-electron chi connectivity index (χ1n) is 8.99. The van der Waals surface area contributed by atoms with Crippen molar-refractivity contribution in [2.24, 2.45) is 0 Å². The van der Waals surface area contributed by atoms with E-state index in [1.807, 2.05) is 28.8 Å². The van der Waals surface area contributed by atoms with E-state index in [2.05, 4.69) is 40.6 Å². The van der Waals surface area contributed by atoms with Gasteiger partial charge in [0.05, 0.1) is 11.6 Å². The van der Waals surface area contributed by atoms with Crippen LogP contribution in [0.1, 0.15) is 59.5 Å². The van der Waals surface area contributed by atoms with E-state index in [-0.39, 0.29) is 11.9 Å². The quantitative estimate of drug-likeness (QED) is 0.794. The van der Waals surface area contributed by atoms with Gasteiger partial charge in [-0.2, -0.15) is 0 Å². The average Bonchev–Trinajstić information content (AvgIpc) is 3.05. The Kier molecular flexibility index (Phi) is 4.22. The molecule has 1 aliphatic carbocycles. The van der Waals surface area contributed by atoms with Crippen LogP contribution < -0.4 is 5.32 Å². The summed E-state index contributed by atoms with van der Waals surface area (Å²) in [6.07, 6.45) is 6.92. The number of carbonyl (C=O) groups is 1. The van der Waals surface area contributed by atoms with Crippen molar-refractivity contribution in [2.75, 3.05) is 0 Å². The fraction of sp³-hybridized carbons (Fsp3) is 0.350. The summed E-state index contributed by atoms with van der Waals surface area (Å²) >= 11 is 0. The molecule has 0 radical (unpaired) electrons. The first-order chi connectivity index (χ1) is 12.3. The highest BCUT2D eigenvalue weighted by atomic mass is 16.1. The lowest BCUT2D eigenvalue weighted by molar-refractivity contribution is 0.0934. The van der Waals surface area contributed by atoms with Crippen LogP contribution in [0.5, 0.6) is 0 Å². The number of nitrogens with one attached hydrogen (secondary N) is 1. The van der Waals surface area contributed by atoms with Gasteiger partial charge in [-0.15, -0.1) is 10.2 Å². The van der Waals surface area contributed by atoms with Crippen molar-refractivity contribution >= 4 is 11.6 Å². The second kappa shape index (κ2) is 6.67. The van der Waals surface area contributed by atoms with Crippen molar-refractivity contribution in [3.63, 3.8) is 0 Å². The molecule has 5 heteroatoms. The SMILES string of the molecule is CCCc1nnc2c(C(=O)N[C@@H]3CCCc4ccccc43)cccn12. The minimum Gasteiger partial charge on any atom is -0.345 e. The third-order valence-electron chi connectivity index (χ3n) is 4.90. The second-order valence-electron chi connectivity index (χ2n) is 6.60. The van der Waals surface area contributed by atoms with Crippen molar-refractivity contribution in [2.45, 2.75) is 45.1 Å². The molecule has 2 aromatic heterocycles. The summed E-state index contributed by atoms with van der Waals surface area (Å²) in [5.41, 5.74) is 3.79. The molecule has 1 aliphatic rings. The molecule has 25 heavy (non-hydrogen) atoms. The molecule has 3 aromatic rings. The molecule has 1 amide bonds. The lowest BCUT2D eigenvalue weighted by Crippen LogP contribution is -2.31. The zero-order valence-corrected chi connectivity index (χ0v) is 14.4. The molecule has 0 bridgehead atoms. The van der Waals surface area contributed by atoms with E-state index in [1.165, 1.54) is 11.1 Å². The zero-order valence-electron chi connectivity index (χ0n) is 14.4. The van der Waals surface area contributed by atoms with Crippen LogP contribution >= 0.6 is 0 Å². The van der Waals surface area contributed by atoms with E-state index < -0.39 is 0 Å². The number of aryl methyl sites for hydroxylation is 2. The van der Waals surface area contributed by atoms with E-state index in [1.54, 1.807) is 0 Å². The first kappa shape index (κ1) is 15.8. The van der Waals surface area contributed by atoms with E-state index >= 15 is 0 Å². The number of carbonyl (C=O) groups excluding carboxylic acids is 1. The molecule has 0 aliphatic heterocycles. The number of rotatable bonds is 4. The molecule has 5 nitrogen and oxygen atoms in total. The molecule has 0 saturated heterocycles.